The molecular weight excluding hydrogens is 170 g/mol. The van der Waals surface area contributed by atoms with E-state index in [1.165, 1.54) is 7.11 Å². The summed E-state index contributed by atoms with van der Waals surface area (Å²) >= 11 is 0. The van der Waals surface area contributed by atoms with Gasteiger partial charge in [0.2, 0.25) is 0 Å². The van der Waals surface area contributed by atoms with Crippen molar-refractivity contribution >= 4 is 18.1 Å². The monoisotopic (exact) mass is 178 g/mol. The highest BCUT2D eigenvalue weighted by Gasteiger charge is 2.08. The number of carbonyl (C=O) groups is 1. The SMILES string of the molecule is COC(=O)c1ccccc1N=C[O-]. The van der Waals surface area contributed by atoms with Gasteiger partial charge in [-0.1, -0.05) is 18.5 Å². The lowest BCUT2D eigenvalue weighted by Crippen LogP contribution is -2.02. The molecule has 0 aliphatic heterocycles. The van der Waals surface area contributed by atoms with Crippen LogP contribution < -0.4 is 5.11 Å². The minimum atomic E-state index is -0.499. The van der Waals surface area contributed by atoms with Crippen LogP contribution in [-0.4, -0.2) is 19.5 Å². The summed E-state index contributed by atoms with van der Waals surface area (Å²) in [5.41, 5.74) is 0.612. The predicted molar refractivity (Wildman–Crippen MR) is 45.9 cm³/mol. The summed E-state index contributed by atoms with van der Waals surface area (Å²) in [7, 11) is 1.28. The number of aliphatic imine (C=N–C) groups is 1. The number of carbonyl (C=O) groups excluding carboxylic acids is 1. The second kappa shape index (κ2) is 4.25. The first-order chi connectivity index (χ1) is 6.29. The summed E-state index contributed by atoms with van der Waals surface area (Å²) in [5.74, 6) is -0.499. The molecule has 13 heavy (non-hydrogen) atoms. The minimum Gasteiger partial charge on any atom is -0.864 e. The normalized spacial score (nSPS) is 10.2. The van der Waals surface area contributed by atoms with Gasteiger partial charge in [-0.15, -0.1) is 0 Å². The largest absolute Gasteiger partial charge is 0.864 e. The summed E-state index contributed by atoms with van der Waals surface area (Å²) in [5, 5.41) is 10.1. The van der Waals surface area contributed by atoms with Crippen molar-refractivity contribution in [3.63, 3.8) is 0 Å². The number of benzene rings is 1. The predicted octanol–water partition coefficient (Wildman–Crippen LogP) is 0.493. The van der Waals surface area contributed by atoms with E-state index in [2.05, 4.69) is 9.73 Å². The number of nitrogens with zero attached hydrogens (tertiary/aromatic N) is 1. The fourth-order valence-electron chi connectivity index (χ4n) is 0.926. The van der Waals surface area contributed by atoms with Gasteiger partial charge in [0.25, 0.3) is 0 Å². The van der Waals surface area contributed by atoms with E-state index < -0.39 is 5.97 Å². The molecule has 0 radical (unpaired) electrons. The third-order valence-corrected chi connectivity index (χ3v) is 1.50. The molecule has 0 fully saturated rings. The maximum absolute atomic E-state index is 11.1. The van der Waals surface area contributed by atoms with Crippen molar-refractivity contribution in [1.29, 1.82) is 0 Å². The molecule has 0 atom stereocenters. The molecule has 0 bridgehead atoms. The van der Waals surface area contributed by atoms with Crippen LogP contribution in [0.15, 0.2) is 29.3 Å². The summed E-state index contributed by atoms with van der Waals surface area (Å²) in [6.07, 6.45) is 0.391. The van der Waals surface area contributed by atoms with E-state index in [0.717, 1.165) is 0 Å². The number of esters is 1. The van der Waals surface area contributed by atoms with Gasteiger partial charge in [-0.05, 0) is 12.1 Å². The molecular formula is C9H8NO3-. The first kappa shape index (κ1) is 9.25. The second-order valence-electron chi connectivity index (χ2n) is 2.24. The Morgan fingerprint density at radius 1 is 1.54 bits per heavy atom. The molecule has 0 aromatic heterocycles. The Morgan fingerprint density at radius 2 is 2.23 bits per heavy atom. The Labute approximate surface area is 75.5 Å². The van der Waals surface area contributed by atoms with Crippen LogP contribution in [-0.2, 0) is 4.74 Å². The average Bonchev–Trinajstić information content (AvgIpc) is 2.18. The van der Waals surface area contributed by atoms with Crippen molar-refractivity contribution in [2.45, 2.75) is 0 Å². The Bertz CT molecular complexity index is 333. The van der Waals surface area contributed by atoms with Crippen molar-refractivity contribution in [2.75, 3.05) is 7.11 Å². The average molecular weight is 178 g/mol. The van der Waals surface area contributed by atoms with Gasteiger partial charge in [0, 0.05) is 0 Å². The van der Waals surface area contributed by atoms with Crippen molar-refractivity contribution in [1.82, 2.24) is 0 Å². The fraction of sp³-hybridized carbons (Fsp3) is 0.111. The Balaban J connectivity index is 3.11. The van der Waals surface area contributed by atoms with Crippen LogP contribution in [0.25, 0.3) is 0 Å². The topological polar surface area (TPSA) is 61.7 Å². The van der Waals surface area contributed by atoms with Crippen LogP contribution in [0.5, 0.6) is 0 Å². The summed E-state index contributed by atoms with van der Waals surface area (Å²) < 4.78 is 4.51. The molecule has 4 heteroatoms. The van der Waals surface area contributed by atoms with Gasteiger partial charge in [-0.25, -0.2) is 4.79 Å². The number of methoxy groups -OCH3 is 1. The van der Waals surface area contributed by atoms with Gasteiger partial charge >= 0.3 is 5.97 Å². The van der Waals surface area contributed by atoms with Crippen LogP contribution in [0.4, 0.5) is 5.69 Å². The first-order valence-electron chi connectivity index (χ1n) is 3.61. The lowest BCUT2D eigenvalue weighted by Gasteiger charge is -2.02. The summed E-state index contributed by atoms with van der Waals surface area (Å²) in [6.45, 7) is 0. The molecule has 0 saturated heterocycles. The number of rotatable bonds is 2. The first-order valence-corrected chi connectivity index (χ1v) is 3.61. The molecule has 1 aromatic rings. The maximum Gasteiger partial charge on any atom is 0.340 e. The third-order valence-electron chi connectivity index (χ3n) is 1.50. The fourth-order valence-corrected chi connectivity index (χ4v) is 0.926. The zero-order chi connectivity index (χ0) is 9.68. The van der Waals surface area contributed by atoms with Gasteiger partial charge in [-0.3, -0.25) is 4.99 Å². The number of hydrogen-bond donors (Lipinski definition) is 0. The van der Waals surface area contributed by atoms with Crippen LogP contribution >= 0.6 is 0 Å². The van der Waals surface area contributed by atoms with Gasteiger partial charge < -0.3 is 9.84 Å². The molecule has 0 spiro atoms. The van der Waals surface area contributed by atoms with Crippen molar-refractivity contribution in [2.24, 2.45) is 4.99 Å². The van der Waals surface area contributed by atoms with Gasteiger partial charge in [0.1, 0.15) is 0 Å². The highest BCUT2D eigenvalue weighted by molar-refractivity contribution is 5.95. The van der Waals surface area contributed by atoms with E-state index in [9.17, 15) is 9.90 Å². The molecule has 1 rings (SSSR count). The van der Waals surface area contributed by atoms with Crippen LogP contribution in [0.3, 0.4) is 0 Å². The molecule has 0 saturated carbocycles. The molecule has 0 amide bonds. The number of para-hydroxylation sites is 1. The number of hydrogen-bond acceptors (Lipinski definition) is 4. The van der Waals surface area contributed by atoms with Gasteiger partial charge in [0.15, 0.2) is 0 Å². The van der Waals surface area contributed by atoms with E-state index >= 15 is 0 Å². The molecule has 4 nitrogen and oxygen atoms in total. The number of ether oxygens (including phenoxy) is 1. The quantitative estimate of drug-likeness (QED) is 0.376. The van der Waals surface area contributed by atoms with Crippen molar-refractivity contribution in [3.05, 3.63) is 29.8 Å². The van der Waals surface area contributed by atoms with Crippen LogP contribution in [0.2, 0.25) is 0 Å². The lowest BCUT2D eigenvalue weighted by atomic mass is 10.2. The highest BCUT2D eigenvalue weighted by Crippen LogP contribution is 2.18. The molecule has 0 unspecified atom stereocenters. The lowest BCUT2D eigenvalue weighted by molar-refractivity contribution is -0.200. The molecule has 0 aliphatic carbocycles. The molecule has 0 heterocycles. The van der Waals surface area contributed by atoms with Crippen LogP contribution in [0.1, 0.15) is 10.4 Å². The summed E-state index contributed by atoms with van der Waals surface area (Å²) in [6, 6.07) is 6.49. The van der Waals surface area contributed by atoms with Gasteiger partial charge in [-0.2, -0.15) is 0 Å². The molecule has 0 N–H and O–H groups in total. The van der Waals surface area contributed by atoms with E-state index in [-0.39, 0.29) is 5.56 Å². The Morgan fingerprint density at radius 3 is 2.85 bits per heavy atom. The minimum absolute atomic E-state index is 0.289. The van der Waals surface area contributed by atoms with Crippen LogP contribution in [0, 0.1) is 0 Å². The van der Waals surface area contributed by atoms with Crippen molar-refractivity contribution in [3.8, 4) is 0 Å². The van der Waals surface area contributed by atoms with Gasteiger partial charge in [0.05, 0.1) is 18.4 Å². The van der Waals surface area contributed by atoms with Crippen molar-refractivity contribution < 1.29 is 14.6 Å². The molecule has 0 aliphatic rings. The van der Waals surface area contributed by atoms with E-state index in [0.29, 0.717) is 12.1 Å². The summed E-state index contributed by atoms with van der Waals surface area (Å²) in [4.78, 5) is 14.6. The third kappa shape index (κ3) is 2.05. The van der Waals surface area contributed by atoms with E-state index in [4.69, 9.17) is 0 Å². The Kier molecular flexibility index (Phi) is 3.03. The van der Waals surface area contributed by atoms with E-state index in [1.54, 1.807) is 24.3 Å². The zero-order valence-electron chi connectivity index (χ0n) is 7.06. The maximum atomic E-state index is 11.1. The zero-order valence-corrected chi connectivity index (χ0v) is 7.06. The highest BCUT2D eigenvalue weighted by atomic mass is 16.5. The standard InChI is InChI=1S/C9H9NO3/c1-13-9(12)7-4-2-3-5-8(7)10-6-11/h2-6H,1H3,(H,10,11)/p-1. The smallest absolute Gasteiger partial charge is 0.340 e. The Hall–Kier alpha value is -1.84. The van der Waals surface area contributed by atoms with E-state index in [1.807, 2.05) is 0 Å². The second-order valence-corrected chi connectivity index (χ2v) is 2.24. The molecule has 68 valence electrons. The molecule has 1 aromatic carbocycles.